The summed E-state index contributed by atoms with van der Waals surface area (Å²) in [7, 11) is 0. The number of fused-ring (bicyclic) bond motifs is 9. The molecule has 12 rings (SSSR count). The second kappa shape index (κ2) is 12.3. The monoisotopic (exact) mass is 731 g/mol. The standard InChI is InChI=1S/C51H29N3O3/c1-2-12-31(13-3-1)49-52-50(54-51(53-49)40-19-11-23-44-45(40)38-15-5-8-21-42(38)55-44)32-26-24-30(25-27-32)33-28-29-37(48-46(33)39-16-6-9-22-43(39)57-48)36-18-10-17-35-34-14-4-7-20-41(34)56-47(35)36/h1-29H. The van der Waals surface area contributed by atoms with E-state index in [4.69, 9.17) is 28.2 Å². The van der Waals surface area contributed by atoms with Crippen LogP contribution in [0.5, 0.6) is 0 Å². The van der Waals surface area contributed by atoms with E-state index >= 15 is 0 Å². The van der Waals surface area contributed by atoms with Gasteiger partial charge in [-0.15, -0.1) is 0 Å². The third kappa shape index (κ3) is 4.94. The molecule has 0 radical (unpaired) electrons. The van der Waals surface area contributed by atoms with E-state index in [-0.39, 0.29) is 0 Å². The summed E-state index contributed by atoms with van der Waals surface area (Å²) in [6, 6.07) is 59.7. The molecule has 57 heavy (non-hydrogen) atoms. The van der Waals surface area contributed by atoms with Crippen LogP contribution in [0.1, 0.15) is 0 Å². The topological polar surface area (TPSA) is 78.1 Å². The average Bonchev–Trinajstić information content (AvgIpc) is 3.98. The van der Waals surface area contributed by atoms with Gasteiger partial charge in [-0.1, -0.05) is 146 Å². The smallest absolute Gasteiger partial charge is 0.164 e. The van der Waals surface area contributed by atoms with Gasteiger partial charge < -0.3 is 13.3 Å². The summed E-state index contributed by atoms with van der Waals surface area (Å²) in [5, 5.41) is 6.29. The van der Waals surface area contributed by atoms with E-state index in [0.717, 1.165) is 105 Å². The summed E-state index contributed by atoms with van der Waals surface area (Å²) in [6.45, 7) is 0. The van der Waals surface area contributed by atoms with Gasteiger partial charge >= 0.3 is 0 Å². The summed E-state index contributed by atoms with van der Waals surface area (Å²) in [4.78, 5) is 15.2. The lowest BCUT2D eigenvalue weighted by molar-refractivity contribution is 0.665. The maximum atomic E-state index is 6.70. The lowest BCUT2D eigenvalue weighted by atomic mass is 9.93. The second-order valence-electron chi connectivity index (χ2n) is 14.3. The van der Waals surface area contributed by atoms with Crippen molar-refractivity contribution in [2.24, 2.45) is 0 Å². The van der Waals surface area contributed by atoms with Crippen molar-refractivity contribution in [1.29, 1.82) is 0 Å². The number of rotatable bonds is 5. The summed E-state index contributed by atoms with van der Waals surface area (Å²) in [5.74, 6) is 1.77. The van der Waals surface area contributed by atoms with Gasteiger partial charge in [0.15, 0.2) is 17.5 Å². The van der Waals surface area contributed by atoms with Crippen molar-refractivity contribution in [3.8, 4) is 56.4 Å². The van der Waals surface area contributed by atoms with E-state index in [9.17, 15) is 0 Å². The highest BCUT2D eigenvalue weighted by molar-refractivity contribution is 6.19. The van der Waals surface area contributed by atoms with Crippen molar-refractivity contribution < 1.29 is 13.3 Å². The van der Waals surface area contributed by atoms with Crippen molar-refractivity contribution in [3.05, 3.63) is 176 Å². The molecule has 0 aliphatic heterocycles. The zero-order valence-corrected chi connectivity index (χ0v) is 30.3. The van der Waals surface area contributed by atoms with Crippen molar-refractivity contribution in [2.45, 2.75) is 0 Å². The molecule has 0 aliphatic carbocycles. The Balaban J connectivity index is 1.01. The van der Waals surface area contributed by atoms with Crippen molar-refractivity contribution in [1.82, 2.24) is 15.0 Å². The largest absolute Gasteiger partial charge is 0.456 e. The third-order valence-electron chi connectivity index (χ3n) is 11.0. The summed E-state index contributed by atoms with van der Waals surface area (Å²) >= 11 is 0. The first-order chi connectivity index (χ1) is 28.2. The first-order valence-corrected chi connectivity index (χ1v) is 18.9. The minimum Gasteiger partial charge on any atom is -0.456 e. The Morgan fingerprint density at radius 2 is 0.754 bits per heavy atom. The van der Waals surface area contributed by atoms with Gasteiger partial charge in [-0.05, 0) is 41.5 Å². The fraction of sp³-hybridized carbons (Fsp3) is 0. The van der Waals surface area contributed by atoms with E-state index in [1.54, 1.807) is 0 Å². The predicted molar refractivity (Wildman–Crippen MR) is 229 cm³/mol. The van der Waals surface area contributed by atoms with E-state index in [1.165, 1.54) is 0 Å². The third-order valence-corrected chi connectivity index (χ3v) is 11.0. The molecule has 0 unspecified atom stereocenters. The van der Waals surface area contributed by atoms with Crippen LogP contribution in [-0.4, -0.2) is 15.0 Å². The molecule has 6 heteroatoms. The van der Waals surface area contributed by atoms with Gasteiger partial charge in [0.2, 0.25) is 0 Å². The molecule has 0 amide bonds. The van der Waals surface area contributed by atoms with Crippen molar-refractivity contribution in [2.75, 3.05) is 0 Å². The maximum Gasteiger partial charge on any atom is 0.164 e. The molecule has 0 saturated heterocycles. The van der Waals surface area contributed by atoms with E-state index in [2.05, 4.69) is 84.9 Å². The Morgan fingerprint density at radius 3 is 1.53 bits per heavy atom. The van der Waals surface area contributed by atoms with Crippen LogP contribution in [-0.2, 0) is 0 Å². The number of aromatic nitrogens is 3. The van der Waals surface area contributed by atoms with E-state index in [1.807, 2.05) is 91.0 Å². The minimum absolute atomic E-state index is 0.585. The Kier molecular flexibility index (Phi) is 6.83. The van der Waals surface area contributed by atoms with Crippen LogP contribution in [0.2, 0.25) is 0 Å². The molecule has 4 heterocycles. The molecule has 8 aromatic carbocycles. The molecule has 0 atom stereocenters. The van der Waals surface area contributed by atoms with Gasteiger partial charge in [-0.25, -0.2) is 15.0 Å². The lowest BCUT2D eigenvalue weighted by Gasteiger charge is -2.11. The Hall–Kier alpha value is -7.83. The van der Waals surface area contributed by atoms with Crippen LogP contribution in [0.15, 0.2) is 189 Å². The van der Waals surface area contributed by atoms with Crippen LogP contribution in [0.4, 0.5) is 0 Å². The second-order valence-corrected chi connectivity index (χ2v) is 14.3. The molecule has 12 aromatic rings. The fourth-order valence-electron chi connectivity index (χ4n) is 8.34. The molecule has 0 bridgehead atoms. The lowest BCUT2D eigenvalue weighted by Crippen LogP contribution is -2.00. The predicted octanol–water partition coefficient (Wildman–Crippen LogP) is 13.9. The highest BCUT2D eigenvalue weighted by Gasteiger charge is 2.21. The number of para-hydroxylation sites is 4. The molecular weight excluding hydrogens is 703 g/mol. The van der Waals surface area contributed by atoms with Crippen LogP contribution in [0, 0.1) is 0 Å². The molecule has 4 aromatic heterocycles. The van der Waals surface area contributed by atoms with Gasteiger partial charge in [0.05, 0.1) is 0 Å². The summed E-state index contributed by atoms with van der Waals surface area (Å²) in [5.41, 5.74) is 11.8. The van der Waals surface area contributed by atoms with Crippen LogP contribution in [0.3, 0.4) is 0 Å². The number of nitrogens with zero attached hydrogens (tertiary/aromatic N) is 3. The van der Waals surface area contributed by atoms with Gasteiger partial charge in [0, 0.05) is 60.1 Å². The fourth-order valence-corrected chi connectivity index (χ4v) is 8.34. The highest BCUT2D eigenvalue weighted by Crippen LogP contribution is 2.45. The average molecular weight is 732 g/mol. The van der Waals surface area contributed by atoms with Gasteiger partial charge in [0.25, 0.3) is 0 Å². The molecule has 6 nitrogen and oxygen atoms in total. The first kappa shape index (κ1) is 31.5. The van der Waals surface area contributed by atoms with Gasteiger partial charge in [-0.2, -0.15) is 0 Å². The van der Waals surface area contributed by atoms with Crippen LogP contribution in [0.25, 0.3) is 122 Å². The molecule has 0 saturated carbocycles. The van der Waals surface area contributed by atoms with Gasteiger partial charge in [-0.3, -0.25) is 0 Å². The number of hydrogen-bond donors (Lipinski definition) is 0. The summed E-state index contributed by atoms with van der Waals surface area (Å²) in [6.07, 6.45) is 0. The number of benzene rings is 8. The quantitative estimate of drug-likeness (QED) is 0.175. The molecule has 0 fully saturated rings. The van der Waals surface area contributed by atoms with E-state index in [0.29, 0.717) is 17.5 Å². The first-order valence-electron chi connectivity index (χ1n) is 18.9. The van der Waals surface area contributed by atoms with Crippen LogP contribution < -0.4 is 0 Å². The molecule has 0 aliphatic rings. The van der Waals surface area contributed by atoms with Crippen molar-refractivity contribution >= 4 is 65.8 Å². The molecule has 0 spiro atoms. The Bertz CT molecular complexity index is 3520. The maximum absolute atomic E-state index is 6.70. The molecule has 0 N–H and O–H groups in total. The van der Waals surface area contributed by atoms with Crippen molar-refractivity contribution in [3.63, 3.8) is 0 Å². The van der Waals surface area contributed by atoms with Crippen LogP contribution >= 0.6 is 0 Å². The zero-order valence-electron chi connectivity index (χ0n) is 30.3. The normalized spacial score (nSPS) is 11.9. The number of hydrogen-bond acceptors (Lipinski definition) is 6. The Morgan fingerprint density at radius 1 is 0.263 bits per heavy atom. The zero-order chi connectivity index (χ0) is 37.5. The van der Waals surface area contributed by atoms with Gasteiger partial charge in [0.1, 0.15) is 33.5 Å². The molecule has 266 valence electrons. The summed E-state index contributed by atoms with van der Waals surface area (Å²) < 4.78 is 19.4. The number of furan rings is 3. The van der Waals surface area contributed by atoms with E-state index < -0.39 is 0 Å². The highest BCUT2D eigenvalue weighted by atomic mass is 16.3. The SMILES string of the molecule is c1ccc(-c2nc(-c3ccc(-c4ccc(-c5cccc6c5oc5ccccc56)c5oc6ccccc6c45)cc3)nc(-c3cccc4oc5ccccc5c34)n2)cc1. The Labute approximate surface area is 325 Å². The minimum atomic E-state index is 0.585. The molecular formula is C51H29N3O3.